The Hall–Kier alpha value is -2.46. The van der Waals surface area contributed by atoms with E-state index in [0.29, 0.717) is 12.2 Å². The summed E-state index contributed by atoms with van der Waals surface area (Å²) in [4.78, 5) is 25.7. The second kappa shape index (κ2) is 5.89. The molecule has 2 aromatic carbocycles. The quantitative estimate of drug-likeness (QED) is 0.873. The lowest BCUT2D eigenvalue weighted by atomic mass is 10.2. The van der Waals surface area contributed by atoms with Crippen molar-refractivity contribution in [1.82, 2.24) is 5.32 Å². The lowest BCUT2D eigenvalue weighted by molar-refractivity contribution is -0.121. The molecule has 1 aliphatic heterocycles. The first-order chi connectivity index (χ1) is 10.3. The van der Waals surface area contributed by atoms with Crippen LogP contribution in [0.3, 0.4) is 0 Å². The van der Waals surface area contributed by atoms with E-state index in [-0.39, 0.29) is 18.2 Å². The van der Waals surface area contributed by atoms with Gasteiger partial charge in [0.2, 0.25) is 5.91 Å². The topological polar surface area (TPSA) is 49.4 Å². The summed E-state index contributed by atoms with van der Waals surface area (Å²) in [5.74, 6) is -0.334. The average molecular weight is 280 g/mol. The number of anilines is 1. The number of hydrogen-bond acceptors (Lipinski definition) is 3. The van der Waals surface area contributed by atoms with Crippen LogP contribution in [-0.2, 0) is 16.1 Å². The van der Waals surface area contributed by atoms with Gasteiger partial charge in [-0.25, -0.2) is 4.90 Å². The van der Waals surface area contributed by atoms with Gasteiger partial charge in [-0.15, -0.1) is 0 Å². The van der Waals surface area contributed by atoms with Gasteiger partial charge in [0.05, 0.1) is 18.2 Å². The van der Waals surface area contributed by atoms with Gasteiger partial charge in [0.25, 0.3) is 5.91 Å². The van der Waals surface area contributed by atoms with Crippen LogP contribution < -0.4 is 10.2 Å². The van der Waals surface area contributed by atoms with E-state index in [2.05, 4.69) is 5.32 Å². The van der Waals surface area contributed by atoms with Crippen molar-refractivity contribution in [3.05, 3.63) is 66.2 Å². The third kappa shape index (κ3) is 2.85. The predicted octanol–water partition coefficient (Wildman–Crippen LogP) is 2.11. The highest BCUT2D eigenvalue weighted by Gasteiger charge is 2.38. The molecule has 1 heterocycles. The van der Waals surface area contributed by atoms with E-state index in [1.807, 2.05) is 48.5 Å². The number of nitrogens with zero attached hydrogens (tertiary/aromatic N) is 1. The summed E-state index contributed by atoms with van der Waals surface area (Å²) in [6, 6.07) is 18.4. The maximum Gasteiger partial charge on any atom is 0.251 e. The zero-order valence-electron chi connectivity index (χ0n) is 11.5. The van der Waals surface area contributed by atoms with Crippen LogP contribution in [0.25, 0.3) is 0 Å². The fourth-order valence-electron chi connectivity index (χ4n) is 2.48. The zero-order chi connectivity index (χ0) is 14.7. The molecular weight excluding hydrogens is 264 g/mol. The van der Waals surface area contributed by atoms with Gasteiger partial charge in [0.1, 0.15) is 0 Å². The van der Waals surface area contributed by atoms with Crippen molar-refractivity contribution in [2.24, 2.45) is 0 Å². The summed E-state index contributed by atoms with van der Waals surface area (Å²) in [5.41, 5.74) is 1.73. The number of carbonyl (C=O) groups excluding carboxylic acids is 2. The number of benzene rings is 2. The Bertz CT molecular complexity index is 640. The first-order valence-corrected chi connectivity index (χ1v) is 6.95. The monoisotopic (exact) mass is 280 g/mol. The van der Waals surface area contributed by atoms with E-state index in [0.717, 1.165) is 5.56 Å². The van der Waals surface area contributed by atoms with Gasteiger partial charge in [-0.2, -0.15) is 0 Å². The second-order valence-corrected chi connectivity index (χ2v) is 5.03. The van der Waals surface area contributed by atoms with Crippen LogP contribution in [0.4, 0.5) is 5.69 Å². The van der Waals surface area contributed by atoms with E-state index in [1.54, 1.807) is 12.1 Å². The SMILES string of the molecule is O=C1C[C@H](NCc2ccccc2)C(=O)N1c1ccccc1. The van der Waals surface area contributed by atoms with Crippen molar-refractivity contribution >= 4 is 17.5 Å². The fraction of sp³-hybridized carbons (Fsp3) is 0.176. The van der Waals surface area contributed by atoms with Gasteiger partial charge in [-0.05, 0) is 17.7 Å². The molecule has 2 amide bonds. The number of imide groups is 1. The molecule has 106 valence electrons. The van der Waals surface area contributed by atoms with Crippen molar-refractivity contribution in [1.29, 1.82) is 0 Å². The summed E-state index contributed by atoms with van der Waals surface area (Å²) >= 11 is 0. The molecule has 1 fully saturated rings. The fourth-order valence-corrected chi connectivity index (χ4v) is 2.48. The van der Waals surface area contributed by atoms with Crippen molar-refractivity contribution in [3.63, 3.8) is 0 Å². The molecule has 1 aliphatic rings. The maximum absolute atomic E-state index is 12.4. The number of rotatable bonds is 4. The van der Waals surface area contributed by atoms with Crippen LogP contribution in [0.15, 0.2) is 60.7 Å². The van der Waals surface area contributed by atoms with Crippen molar-refractivity contribution in [2.75, 3.05) is 4.90 Å². The van der Waals surface area contributed by atoms with E-state index in [9.17, 15) is 9.59 Å². The van der Waals surface area contributed by atoms with Crippen LogP contribution in [0.1, 0.15) is 12.0 Å². The number of hydrogen-bond donors (Lipinski definition) is 1. The van der Waals surface area contributed by atoms with Gasteiger partial charge in [0, 0.05) is 6.54 Å². The minimum atomic E-state index is -0.446. The van der Waals surface area contributed by atoms with E-state index >= 15 is 0 Å². The smallest absolute Gasteiger partial charge is 0.251 e. The number of nitrogens with one attached hydrogen (secondary N) is 1. The molecule has 21 heavy (non-hydrogen) atoms. The van der Waals surface area contributed by atoms with Crippen LogP contribution in [0, 0.1) is 0 Å². The molecule has 0 unspecified atom stereocenters. The second-order valence-electron chi connectivity index (χ2n) is 5.03. The number of carbonyl (C=O) groups is 2. The minimum absolute atomic E-state index is 0.156. The molecular formula is C17H16N2O2. The summed E-state index contributed by atoms with van der Waals surface area (Å²) in [5, 5.41) is 3.17. The molecule has 4 nitrogen and oxygen atoms in total. The van der Waals surface area contributed by atoms with Crippen LogP contribution in [0.2, 0.25) is 0 Å². The molecule has 0 radical (unpaired) electrons. The highest BCUT2D eigenvalue weighted by Crippen LogP contribution is 2.22. The van der Waals surface area contributed by atoms with Gasteiger partial charge < -0.3 is 5.32 Å². The largest absolute Gasteiger partial charge is 0.301 e. The molecule has 4 heteroatoms. The van der Waals surface area contributed by atoms with Gasteiger partial charge in [-0.1, -0.05) is 48.5 Å². The standard InChI is InChI=1S/C17H16N2O2/c20-16-11-15(18-12-13-7-3-1-4-8-13)17(21)19(16)14-9-5-2-6-10-14/h1-10,15,18H,11-12H2/t15-/m0/s1. The van der Waals surface area contributed by atoms with E-state index < -0.39 is 6.04 Å². The Balaban J connectivity index is 1.69. The Labute approximate surface area is 123 Å². The van der Waals surface area contributed by atoms with E-state index in [4.69, 9.17) is 0 Å². The molecule has 2 aromatic rings. The highest BCUT2D eigenvalue weighted by molar-refractivity contribution is 6.22. The van der Waals surface area contributed by atoms with Crippen molar-refractivity contribution in [2.45, 2.75) is 19.0 Å². The Kier molecular flexibility index (Phi) is 3.79. The first kappa shape index (κ1) is 13.5. The molecule has 1 saturated heterocycles. The van der Waals surface area contributed by atoms with Crippen LogP contribution in [0.5, 0.6) is 0 Å². The molecule has 3 rings (SSSR count). The molecule has 1 N–H and O–H groups in total. The number of amides is 2. The van der Waals surface area contributed by atoms with E-state index in [1.165, 1.54) is 4.90 Å². The summed E-state index contributed by atoms with van der Waals surface area (Å²) in [7, 11) is 0. The van der Waals surface area contributed by atoms with Crippen molar-refractivity contribution < 1.29 is 9.59 Å². The van der Waals surface area contributed by atoms with Crippen molar-refractivity contribution in [3.8, 4) is 0 Å². The van der Waals surface area contributed by atoms with Gasteiger partial charge in [0.15, 0.2) is 0 Å². The highest BCUT2D eigenvalue weighted by atomic mass is 16.2. The Morgan fingerprint density at radius 1 is 0.952 bits per heavy atom. The average Bonchev–Trinajstić information content (AvgIpc) is 2.81. The van der Waals surface area contributed by atoms with Gasteiger partial charge in [-0.3, -0.25) is 9.59 Å². The first-order valence-electron chi connectivity index (χ1n) is 6.95. The Morgan fingerprint density at radius 3 is 2.24 bits per heavy atom. The molecule has 0 spiro atoms. The molecule has 0 aromatic heterocycles. The lowest BCUT2D eigenvalue weighted by Crippen LogP contribution is -2.38. The normalized spacial score (nSPS) is 18.3. The molecule has 0 aliphatic carbocycles. The van der Waals surface area contributed by atoms with Crippen LogP contribution >= 0.6 is 0 Å². The third-order valence-corrected chi connectivity index (χ3v) is 3.56. The summed E-state index contributed by atoms with van der Waals surface area (Å²) < 4.78 is 0. The maximum atomic E-state index is 12.4. The third-order valence-electron chi connectivity index (χ3n) is 3.56. The summed E-state index contributed by atoms with van der Waals surface area (Å²) in [6.45, 7) is 0.577. The van der Waals surface area contributed by atoms with Crippen LogP contribution in [-0.4, -0.2) is 17.9 Å². The number of para-hydroxylation sites is 1. The lowest BCUT2D eigenvalue weighted by Gasteiger charge is -2.15. The Morgan fingerprint density at radius 2 is 1.57 bits per heavy atom. The molecule has 0 saturated carbocycles. The zero-order valence-corrected chi connectivity index (χ0v) is 11.5. The summed E-state index contributed by atoms with van der Waals surface area (Å²) in [6.07, 6.45) is 0.209. The molecule has 1 atom stereocenters. The molecule has 0 bridgehead atoms. The minimum Gasteiger partial charge on any atom is -0.301 e. The predicted molar refractivity (Wildman–Crippen MR) is 80.6 cm³/mol. The van der Waals surface area contributed by atoms with Gasteiger partial charge >= 0.3 is 0 Å².